The van der Waals surface area contributed by atoms with E-state index in [4.69, 9.17) is 0 Å². The summed E-state index contributed by atoms with van der Waals surface area (Å²) in [5.74, 6) is 0.526. The molecule has 1 N–H and O–H groups in total. The van der Waals surface area contributed by atoms with Crippen LogP contribution in [0.3, 0.4) is 0 Å². The lowest BCUT2D eigenvalue weighted by Gasteiger charge is -2.34. The summed E-state index contributed by atoms with van der Waals surface area (Å²) < 4.78 is 1.12. The molecule has 21 heavy (non-hydrogen) atoms. The Hall–Kier alpha value is -1.12. The van der Waals surface area contributed by atoms with Gasteiger partial charge in [-0.3, -0.25) is 0 Å². The molecule has 0 aromatic heterocycles. The molecule has 2 aromatic carbocycles. The molecule has 1 aliphatic rings. The zero-order valence-electron chi connectivity index (χ0n) is 12.6. The zero-order chi connectivity index (χ0) is 15.0. The molecule has 2 aromatic rings. The maximum absolute atomic E-state index is 11.1. The Balaban J connectivity index is 1.90. The first kappa shape index (κ1) is 14.8. The topological polar surface area (TPSA) is 20.2 Å². The minimum atomic E-state index is -0.726. The third kappa shape index (κ3) is 2.93. The van der Waals surface area contributed by atoms with Crippen molar-refractivity contribution in [2.75, 3.05) is 0 Å². The third-order valence-corrected chi connectivity index (χ3v) is 5.07. The molecule has 0 saturated carbocycles. The second-order valence-corrected chi connectivity index (χ2v) is 7.31. The monoisotopic (exact) mass is 344 g/mol. The van der Waals surface area contributed by atoms with Crippen LogP contribution in [0.15, 0.2) is 46.9 Å². The summed E-state index contributed by atoms with van der Waals surface area (Å²) in [4.78, 5) is 0. The molecule has 2 heteroatoms. The number of hydrogen-bond acceptors (Lipinski definition) is 1. The number of aliphatic hydroxyl groups is 1. The fourth-order valence-corrected chi connectivity index (χ4v) is 3.58. The van der Waals surface area contributed by atoms with Crippen LogP contribution in [0.5, 0.6) is 0 Å². The first-order chi connectivity index (χ1) is 9.98. The van der Waals surface area contributed by atoms with E-state index in [0.29, 0.717) is 12.3 Å². The third-order valence-electron chi connectivity index (χ3n) is 4.57. The Kier molecular flexibility index (Phi) is 3.94. The predicted molar refractivity (Wildman–Crippen MR) is 90.6 cm³/mol. The summed E-state index contributed by atoms with van der Waals surface area (Å²) in [6, 6.07) is 14.9. The summed E-state index contributed by atoms with van der Waals surface area (Å²) in [6.07, 6.45) is 2.42. The number of aryl methyl sites for hydroxylation is 1. The van der Waals surface area contributed by atoms with Crippen molar-refractivity contribution in [3.8, 4) is 0 Å². The maximum atomic E-state index is 11.1. The van der Waals surface area contributed by atoms with Crippen molar-refractivity contribution in [3.05, 3.63) is 69.2 Å². The van der Waals surface area contributed by atoms with Gasteiger partial charge in [-0.15, -0.1) is 0 Å². The Morgan fingerprint density at radius 2 is 1.76 bits per heavy atom. The fourth-order valence-electron chi connectivity index (χ4n) is 3.17. The van der Waals surface area contributed by atoms with Crippen molar-refractivity contribution in [1.82, 2.24) is 0 Å². The summed E-state index contributed by atoms with van der Waals surface area (Å²) in [5, 5.41) is 11.1. The summed E-state index contributed by atoms with van der Waals surface area (Å²) in [6.45, 7) is 4.39. The van der Waals surface area contributed by atoms with Gasteiger partial charge >= 0.3 is 0 Å². The molecule has 0 amide bonds. The molecule has 0 aliphatic heterocycles. The van der Waals surface area contributed by atoms with Crippen molar-refractivity contribution in [2.24, 2.45) is 0 Å². The molecule has 1 aliphatic carbocycles. The van der Waals surface area contributed by atoms with Crippen LogP contribution in [-0.4, -0.2) is 5.11 Å². The van der Waals surface area contributed by atoms with E-state index >= 15 is 0 Å². The van der Waals surface area contributed by atoms with Crippen LogP contribution in [0.4, 0.5) is 0 Å². The summed E-state index contributed by atoms with van der Waals surface area (Å²) in [5.41, 5.74) is 4.26. The smallest absolute Gasteiger partial charge is 0.0940 e. The van der Waals surface area contributed by atoms with Crippen LogP contribution in [0, 0.1) is 0 Å². The van der Waals surface area contributed by atoms with Crippen LogP contribution < -0.4 is 0 Å². The standard InChI is InChI=1S/C19H21BrO/c1-13(2)14-3-6-17(7-4-14)19(21)10-9-15-11-18(20)8-5-16(15)12-19/h3-8,11,13,21H,9-10,12H2,1-2H3. The molecule has 3 rings (SSSR count). The summed E-state index contributed by atoms with van der Waals surface area (Å²) >= 11 is 3.52. The largest absolute Gasteiger partial charge is 0.385 e. The molecule has 110 valence electrons. The van der Waals surface area contributed by atoms with Crippen LogP contribution in [0.1, 0.15) is 48.4 Å². The molecule has 0 spiro atoms. The molecule has 1 nitrogen and oxygen atoms in total. The normalized spacial score (nSPS) is 21.4. The van der Waals surface area contributed by atoms with Gasteiger partial charge in [0.2, 0.25) is 0 Å². The van der Waals surface area contributed by atoms with Gasteiger partial charge in [0.05, 0.1) is 5.60 Å². The molecule has 1 unspecified atom stereocenters. The van der Waals surface area contributed by atoms with Crippen LogP contribution in [0.2, 0.25) is 0 Å². The molecule has 0 heterocycles. The highest BCUT2D eigenvalue weighted by molar-refractivity contribution is 9.10. The Morgan fingerprint density at radius 1 is 1.05 bits per heavy atom. The molecule has 0 fully saturated rings. The van der Waals surface area contributed by atoms with E-state index in [0.717, 1.165) is 22.9 Å². The average molecular weight is 345 g/mol. The number of fused-ring (bicyclic) bond motifs is 1. The van der Waals surface area contributed by atoms with Crippen molar-refractivity contribution in [3.63, 3.8) is 0 Å². The van der Waals surface area contributed by atoms with Gasteiger partial charge in [0.25, 0.3) is 0 Å². The Labute approximate surface area is 135 Å². The molecule has 1 atom stereocenters. The highest BCUT2D eigenvalue weighted by Crippen LogP contribution is 2.37. The Bertz CT molecular complexity index is 645. The number of rotatable bonds is 2. The van der Waals surface area contributed by atoms with E-state index in [2.05, 4.69) is 72.2 Å². The van der Waals surface area contributed by atoms with E-state index in [9.17, 15) is 5.11 Å². The second-order valence-electron chi connectivity index (χ2n) is 6.40. The van der Waals surface area contributed by atoms with Crippen molar-refractivity contribution >= 4 is 15.9 Å². The Morgan fingerprint density at radius 3 is 2.43 bits per heavy atom. The van der Waals surface area contributed by atoms with E-state index in [-0.39, 0.29) is 0 Å². The van der Waals surface area contributed by atoms with Crippen LogP contribution in [0.25, 0.3) is 0 Å². The fraction of sp³-hybridized carbons (Fsp3) is 0.368. The molecular formula is C19H21BrO. The van der Waals surface area contributed by atoms with Crippen molar-refractivity contribution < 1.29 is 5.11 Å². The van der Waals surface area contributed by atoms with Crippen LogP contribution >= 0.6 is 15.9 Å². The van der Waals surface area contributed by atoms with Crippen LogP contribution in [-0.2, 0) is 18.4 Å². The first-order valence-electron chi connectivity index (χ1n) is 7.58. The SMILES string of the molecule is CC(C)c1ccc(C2(O)CCc3cc(Br)ccc3C2)cc1. The van der Waals surface area contributed by atoms with Gasteiger partial charge in [0.15, 0.2) is 0 Å². The van der Waals surface area contributed by atoms with E-state index in [1.807, 2.05) is 0 Å². The highest BCUT2D eigenvalue weighted by Gasteiger charge is 2.33. The quantitative estimate of drug-likeness (QED) is 0.817. The summed E-state index contributed by atoms with van der Waals surface area (Å²) in [7, 11) is 0. The van der Waals surface area contributed by atoms with E-state index < -0.39 is 5.60 Å². The number of benzene rings is 2. The minimum absolute atomic E-state index is 0.526. The number of halogens is 1. The minimum Gasteiger partial charge on any atom is -0.385 e. The van der Waals surface area contributed by atoms with Gasteiger partial charge in [0.1, 0.15) is 0 Å². The van der Waals surface area contributed by atoms with Crippen molar-refractivity contribution in [2.45, 2.75) is 44.6 Å². The van der Waals surface area contributed by atoms with Gasteiger partial charge in [-0.05, 0) is 53.1 Å². The van der Waals surface area contributed by atoms with Gasteiger partial charge in [-0.1, -0.05) is 60.1 Å². The second kappa shape index (κ2) is 5.58. The molecule has 0 radical (unpaired) electrons. The highest BCUT2D eigenvalue weighted by atomic mass is 79.9. The first-order valence-corrected chi connectivity index (χ1v) is 8.37. The number of hydrogen-bond donors (Lipinski definition) is 1. The van der Waals surface area contributed by atoms with Gasteiger partial charge in [0, 0.05) is 10.9 Å². The van der Waals surface area contributed by atoms with Gasteiger partial charge < -0.3 is 5.11 Å². The molecule has 0 bridgehead atoms. The maximum Gasteiger partial charge on any atom is 0.0940 e. The predicted octanol–water partition coefficient (Wildman–Crippen LogP) is 4.95. The van der Waals surface area contributed by atoms with Gasteiger partial charge in [-0.2, -0.15) is 0 Å². The van der Waals surface area contributed by atoms with E-state index in [1.54, 1.807) is 0 Å². The average Bonchev–Trinajstić information content (AvgIpc) is 2.48. The molecule has 0 saturated heterocycles. The van der Waals surface area contributed by atoms with Crippen molar-refractivity contribution in [1.29, 1.82) is 0 Å². The lowest BCUT2D eigenvalue weighted by molar-refractivity contribution is 0.0222. The van der Waals surface area contributed by atoms with Gasteiger partial charge in [-0.25, -0.2) is 0 Å². The lowest BCUT2D eigenvalue weighted by Crippen LogP contribution is -2.33. The zero-order valence-corrected chi connectivity index (χ0v) is 14.2. The van der Waals surface area contributed by atoms with E-state index in [1.165, 1.54) is 16.7 Å². The molecular weight excluding hydrogens is 324 g/mol. The lowest BCUT2D eigenvalue weighted by atomic mass is 9.76.